The van der Waals surface area contributed by atoms with Crippen molar-refractivity contribution in [1.82, 2.24) is 5.32 Å². The minimum Gasteiger partial charge on any atom is -0.381 e. The molecular weight excluding hydrogens is 348 g/mol. The molecule has 2 N–H and O–H groups in total. The maximum atomic E-state index is 11.1. The lowest BCUT2D eigenvalue weighted by Crippen LogP contribution is -2.42. The van der Waals surface area contributed by atoms with Crippen LogP contribution in [-0.2, 0) is 21.5 Å². The van der Waals surface area contributed by atoms with Gasteiger partial charge in [-0.05, 0) is 48.2 Å². The lowest BCUT2D eigenvalue weighted by molar-refractivity contribution is -0.114. The van der Waals surface area contributed by atoms with E-state index in [0.29, 0.717) is 0 Å². The molecule has 2 aromatic carbocycles. The van der Waals surface area contributed by atoms with E-state index in [0.717, 1.165) is 49.9 Å². The summed E-state index contributed by atoms with van der Waals surface area (Å²) in [6, 6.07) is 16.1. The summed E-state index contributed by atoms with van der Waals surface area (Å²) in [4.78, 5) is 11.1. The van der Waals surface area contributed by atoms with Crippen molar-refractivity contribution in [3.63, 3.8) is 0 Å². The van der Waals surface area contributed by atoms with E-state index in [1.165, 1.54) is 18.1 Å². The molecule has 26 heavy (non-hydrogen) atoms. The molecule has 3 rings (SSSR count). The third kappa shape index (κ3) is 4.85. The molecule has 0 radical (unpaired) electrons. The van der Waals surface area contributed by atoms with Crippen molar-refractivity contribution < 1.29 is 9.53 Å². The van der Waals surface area contributed by atoms with Gasteiger partial charge < -0.3 is 15.4 Å². The zero-order valence-electron chi connectivity index (χ0n) is 15.1. The maximum absolute atomic E-state index is 11.1. The molecule has 0 saturated carbocycles. The monoisotopic (exact) mass is 372 g/mol. The highest BCUT2D eigenvalue weighted by molar-refractivity contribution is 6.30. The Labute approximate surface area is 159 Å². The van der Waals surface area contributed by atoms with E-state index < -0.39 is 0 Å². The number of hydrogen-bond donors (Lipinski definition) is 2. The number of rotatable bonds is 6. The molecule has 1 aliphatic rings. The first-order valence-electron chi connectivity index (χ1n) is 8.98. The highest BCUT2D eigenvalue weighted by atomic mass is 35.5. The SMILES string of the molecule is CC(=O)Nc1ccc(CNCC2(c3ccc(Cl)cc3)CCOCC2)cc1. The molecule has 0 aromatic heterocycles. The van der Waals surface area contributed by atoms with E-state index in [1.54, 1.807) is 0 Å². The van der Waals surface area contributed by atoms with Crippen LogP contribution in [0.4, 0.5) is 5.69 Å². The molecule has 5 heteroatoms. The first-order chi connectivity index (χ1) is 12.6. The number of ether oxygens (including phenoxy) is 1. The van der Waals surface area contributed by atoms with E-state index >= 15 is 0 Å². The average molecular weight is 373 g/mol. The lowest BCUT2D eigenvalue weighted by atomic mass is 9.74. The molecule has 138 valence electrons. The Morgan fingerprint density at radius 3 is 2.35 bits per heavy atom. The van der Waals surface area contributed by atoms with E-state index in [-0.39, 0.29) is 11.3 Å². The Morgan fingerprint density at radius 1 is 1.08 bits per heavy atom. The minimum atomic E-state index is -0.0553. The van der Waals surface area contributed by atoms with Crippen molar-refractivity contribution in [2.75, 3.05) is 25.1 Å². The first-order valence-corrected chi connectivity index (χ1v) is 9.36. The van der Waals surface area contributed by atoms with Gasteiger partial charge in [-0.3, -0.25) is 4.79 Å². The molecule has 2 aromatic rings. The predicted molar refractivity (Wildman–Crippen MR) is 106 cm³/mol. The first kappa shape index (κ1) is 18.9. The van der Waals surface area contributed by atoms with Crippen molar-refractivity contribution in [2.45, 2.75) is 31.7 Å². The summed E-state index contributed by atoms with van der Waals surface area (Å²) >= 11 is 6.06. The topological polar surface area (TPSA) is 50.4 Å². The van der Waals surface area contributed by atoms with Crippen molar-refractivity contribution in [2.24, 2.45) is 0 Å². The summed E-state index contributed by atoms with van der Waals surface area (Å²) in [6.45, 7) is 4.77. The molecule has 4 nitrogen and oxygen atoms in total. The van der Waals surface area contributed by atoms with Crippen LogP contribution in [-0.4, -0.2) is 25.7 Å². The van der Waals surface area contributed by atoms with E-state index in [2.05, 4.69) is 22.8 Å². The van der Waals surface area contributed by atoms with Crippen molar-refractivity contribution in [1.29, 1.82) is 0 Å². The number of amides is 1. The number of nitrogens with one attached hydrogen (secondary N) is 2. The fraction of sp³-hybridized carbons (Fsp3) is 0.381. The molecular formula is C21H25ClN2O2. The van der Waals surface area contributed by atoms with Crippen molar-refractivity contribution in [3.8, 4) is 0 Å². The second-order valence-corrected chi connectivity index (χ2v) is 7.32. The molecule has 0 atom stereocenters. The number of halogens is 1. The number of hydrogen-bond acceptors (Lipinski definition) is 3. The van der Waals surface area contributed by atoms with Crippen LogP contribution in [0.1, 0.15) is 30.9 Å². The van der Waals surface area contributed by atoms with Crippen LogP contribution < -0.4 is 10.6 Å². The normalized spacial score (nSPS) is 16.2. The van der Waals surface area contributed by atoms with Crippen LogP contribution in [0.2, 0.25) is 5.02 Å². The lowest BCUT2D eigenvalue weighted by Gasteiger charge is -2.38. The van der Waals surface area contributed by atoms with Crippen molar-refractivity contribution in [3.05, 3.63) is 64.7 Å². The number of anilines is 1. The van der Waals surface area contributed by atoms with Gasteiger partial charge >= 0.3 is 0 Å². The molecule has 0 spiro atoms. The van der Waals surface area contributed by atoms with Gasteiger partial charge in [-0.25, -0.2) is 0 Å². The van der Waals surface area contributed by atoms with Gasteiger partial charge in [0.25, 0.3) is 0 Å². The molecule has 1 aliphatic heterocycles. The smallest absolute Gasteiger partial charge is 0.221 e. The Balaban J connectivity index is 1.63. The maximum Gasteiger partial charge on any atom is 0.221 e. The Hall–Kier alpha value is -1.88. The van der Waals surface area contributed by atoms with Crippen LogP contribution in [0.3, 0.4) is 0 Å². The van der Waals surface area contributed by atoms with Gasteiger partial charge in [-0.1, -0.05) is 35.9 Å². The molecule has 1 heterocycles. The van der Waals surface area contributed by atoms with E-state index in [1.807, 2.05) is 36.4 Å². The van der Waals surface area contributed by atoms with E-state index in [9.17, 15) is 4.79 Å². The summed E-state index contributed by atoms with van der Waals surface area (Å²) in [5, 5.41) is 7.16. The molecule has 0 bridgehead atoms. The Bertz CT molecular complexity index is 723. The summed E-state index contributed by atoms with van der Waals surface area (Å²) in [5.74, 6) is -0.0553. The third-order valence-corrected chi connectivity index (χ3v) is 5.23. The summed E-state index contributed by atoms with van der Waals surface area (Å²) in [5.41, 5.74) is 3.42. The molecule has 0 aliphatic carbocycles. The highest BCUT2D eigenvalue weighted by Gasteiger charge is 2.34. The summed E-state index contributed by atoms with van der Waals surface area (Å²) in [7, 11) is 0. The quantitative estimate of drug-likeness (QED) is 0.801. The fourth-order valence-corrected chi connectivity index (χ4v) is 3.61. The highest BCUT2D eigenvalue weighted by Crippen LogP contribution is 2.35. The van der Waals surface area contributed by atoms with Crippen molar-refractivity contribution >= 4 is 23.2 Å². The van der Waals surface area contributed by atoms with Gasteiger partial charge in [0.2, 0.25) is 5.91 Å². The third-order valence-electron chi connectivity index (χ3n) is 4.97. The summed E-state index contributed by atoms with van der Waals surface area (Å²) in [6.07, 6.45) is 2.01. The zero-order chi connectivity index (χ0) is 18.4. The number of carbonyl (C=O) groups is 1. The van der Waals surface area contributed by atoms with Crippen LogP contribution in [0, 0.1) is 0 Å². The minimum absolute atomic E-state index is 0.0553. The van der Waals surface area contributed by atoms with Gasteiger partial charge in [0.15, 0.2) is 0 Å². The molecule has 1 saturated heterocycles. The van der Waals surface area contributed by atoms with Gasteiger partial charge in [0.05, 0.1) is 0 Å². The standard InChI is InChI=1S/C21H25ClN2O2/c1-16(25)24-20-8-2-17(3-9-20)14-23-15-21(10-12-26-13-11-21)18-4-6-19(22)7-5-18/h2-9,23H,10-15H2,1H3,(H,24,25). The number of carbonyl (C=O) groups excluding carboxylic acids is 1. The molecule has 1 fully saturated rings. The Morgan fingerprint density at radius 2 is 1.73 bits per heavy atom. The van der Waals surface area contributed by atoms with Gasteiger partial charge in [-0.2, -0.15) is 0 Å². The fourth-order valence-electron chi connectivity index (χ4n) is 3.49. The zero-order valence-corrected chi connectivity index (χ0v) is 15.8. The average Bonchev–Trinajstić information content (AvgIpc) is 2.64. The van der Waals surface area contributed by atoms with Gasteiger partial charge in [0.1, 0.15) is 0 Å². The van der Waals surface area contributed by atoms with E-state index in [4.69, 9.17) is 16.3 Å². The second kappa shape index (κ2) is 8.67. The largest absolute Gasteiger partial charge is 0.381 e. The van der Waals surface area contributed by atoms with Gasteiger partial charge in [0, 0.05) is 49.4 Å². The Kier molecular flexibility index (Phi) is 6.30. The van der Waals surface area contributed by atoms with Crippen LogP contribution >= 0.6 is 11.6 Å². The number of benzene rings is 2. The summed E-state index contributed by atoms with van der Waals surface area (Å²) < 4.78 is 5.59. The second-order valence-electron chi connectivity index (χ2n) is 6.88. The predicted octanol–water partition coefficient (Wildman–Crippen LogP) is 4.14. The molecule has 0 unspecified atom stereocenters. The van der Waals surface area contributed by atoms with Crippen LogP contribution in [0.5, 0.6) is 0 Å². The van der Waals surface area contributed by atoms with Crippen LogP contribution in [0.15, 0.2) is 48.5 Å². The van der Waals surface area contributed by atoms with Crippen LogP contribution in [0.25, 0.3) is 0 Å². The molecule has 1 amide bonds. The van der Waals surface area contributed by atoms with Gasteiger partial charge in [-0.15, -0.1) is 0 Å².